The number of rotatable bonds is 5. The van der Waals surface area contributed by atoms with Crippen LogP contribution in [0.3, 0.4) is 0 Å². The molecule has 0 bridgehead atoms. The third kappa shape index (κ3) is 4.33. The van der Waals surface area contributed by atoms with Crippen LogP contribution in [0.5, 0.6) is 0 Å². The van der Waals surface area contributed by atoms with Gasteiger partial charge in [-0.3, -0.25) is 4.79 Å². The molecule has 3 nitrogen and oxygen atoms in total. The maximum Gasteiger partial charge on any atom is 0.303 e. The Morgan fingerprint density at radius 2 is 2.43 bits per heavy atom. The van der Waals surface area contributed by atoms with E-state index in [2.05, 4.69) is 11.2 Å². The zero-order chi connectivity index (χ0) is 10.4. The summed E-state index contributed by atoms with van der Waals surface area (Å²) in [6.07, 6.45) is 4.70. The molecule has 1 heterocycles. The van der Waals surface area contributed by atoms with E-state index in [0.29, 0.717) is 12.3 Å². The van der Waals surface area contributed by atoms with Crippen LogP contribution in [-0.2, 0) is 4.79 Å². The SMILES string of the molecule is CSCCN1CCCC(CC(=O)O)C1. The highest BCUT2D eigenvalue weighted by molar-refractivity contribution is 7.98. The monoisotopic (exact) mass is 217 g/mol. The molecule has 0 amide bonds. The molecule has 0 aromatic carbocycles. The van der Waals surface area contributed by atoms with E-state index in [1.165, 1.54) is 0 Å². The number of thioether (sulfide) groups is 1. The Morgan fingerprint density at radius 1 is 1.64 bits per heavy atom. The van der Waals surface area contributed by atoms with Crippen molar-refractivity contribution in [1.82, 2.24) is 4.90 Å². The fraction of sp³-hybridized carbons (Fsp3) is 0.900. The second-order valence-electron chi connectivity index (χ2n) is 3.90. The smallest absolute Gasteiger partial charge is 0.303 e. The highest BCUT2D eigenvalue weighted by atomic mass is 32.2. The molecule has 0 radical (unpaired) electrons. The molecule has 1 aliphatic heterocycles. The molecule has 82 valence electrons. The third-order valence-corrected chi connectivity index (χ3v) is 3.27. The fourth-order valence-corrected chi connectivity index (χ4v) is 2.43. The lowest BCUT2D eigenvalue weighted by molar-refractivity contribution is -0.138. The Morgan fingerprint density at radius 3 is 3.07 bits per heavy atom. The maximum absolute atomic E-state index is 10.6. The number of carboxylic acid groups (broad SMARTS) is 1. The van der Waals surface area contributed by atoms with Gasteiger partial charge < -0.3 is 10.0 Å². The molecular weight excluding hydrogens is 198 g/mol. The normalized spacial score (nSPS) is 23.6. The summed E-state index contributed by atoms with van der Waals surface area (Å²) in [5, 5.41) is 8.71. The van der Waals surface area contributed by atoms with E-state index >= 15 is 0 Å². The minimum absolute atomic E-state index is 0.343. The van der Waals surface area contributed by atoms with Crippen LogP contribution >= 0.6 is 11.8 Å². The lowest BCUT2D eigenvalue weighted by Gasteiger charge is -2.31. The Kier molecular flexibility index (Phi) is 5.33. The molecule has 1 aliphatic rings. The standard InChI is InChI=1S/C10H19NO2S/c1-14-6-5-11-4-2-3-9(8-11)7-10(12)13/h9H,2-8H2,1H3,(H,12,13). The summed E-state index contributed by atoms with van der Waals surface area (Å²) in [6, 6.07) is 0. The predicted molar refractivity (Wildman–Crippen MR) is 59.8 cm³/mol. The highest BCUT2D eigenvalue weighted by Gasteiger charge is 2.21. The minimum Gasteiger partial charge on any atom is -0.481 e. The maximum atomic E-state index is 10.6. The lowest BCUT2D eigenvalue weighted by Crippen LogP contribution is -2.37. The van der Waals surface area contributed by atoms with Gasteiger partial charge in [-0.2, -0.15) is 11.8 Å². The van der Waals surface area contributed by atoms with E-state index in [1.54, 1.807) is 0 Å². The van der Waals surface area contributed by atoms with Gasteiger partial charge in [0.25, 0.3) is 0 Å². The van der Waals surface area contributed by atoms with E-state index in [9.17, 15) is 4.79 Å². The molecular formula is C10H19NO2S. The summed E-state index contributed by atoms with van der Waals surface area (Å²) < 4.78 is 0. The molecule has 4 heteroatoms. The average molecular weight is 217 g/mol. The number of hydrogen-bond acceptors (Lipinski definition) is 3. The van der Waals surface area contributed by atoms with Crippen molar-refractivity contribution in [2.45, 2.75) is 19.3 Å². The molecule has 14 heavy (non-hydrogen) atoms. The highest BCUT2D eigenvalue weighted by Crippen LogP contribution is 2.19. The molecule has 1 fully saturated rings. The average Bonchev–Trinajstić information content (AvgIpc) is 2.14. The molecule has 1 saturated heterocycles. The first-order valence-corrected chi connectivity index (χ1v) is 6.55. The van der Waals surface area contributed by atoms with Gasteiger partial charge in [0, 0.05) is 25.3 Å². The quantitative estimate of drug-likeness (QED) is 0.758. The first-order chi connectivity index (χ1) is 6.72. The van der Waals surface area contributed by atoms with Crippen LogP contribution < -0.4 is 0 Å². The van der Waals surface area contributed by atoms with Crippen molar-refractivity contribution in [3.63, 3.8) is 0 Å². The number of piperidine rings is 1. The van der Waals surface area contributed by atoms with Crippen LogP contribution in [0, 0.1) is 5.92 Å². The van der Waals surface area contributed by atoms with Gasteiger partial charge in [0.05, 0.1) is 0 Å². The first-order valence-electron chi connectivity index (χ1n) is 5.15. The van der Waals surface area contributed by atoms with E-state index in [0.717, 1.165) is 38.2 Å². The number of hydrogen-bond donors (Lipinski definition) is 1. The first kappa shape index (κ1) is 11.9. The van der Waals surface area contributed by atoms with Gasteiger partial charge in [-0.05, 0) is 31.6 Å². The van der Waals surface area contributed by atoms with Gasteiger partial charge in [-0.15, -0.1) is 0 Å². The summed E-state index contributed by atoms with van der Waals surface area (Å²) in [4.78, 5) is 13.0. The number of likely N-dealkylation sites (tertiary alicyclic amines) is 1. The molecule has 0 aromatic rings. The largest absolute Gasteiger partial charge is 0.481 e. The van der Waals surface area contributed by atoms with E-state index < -0.39 is 5.97 Å². The summed E-state index contributed by atoms with van der Waals surface area (Å²) in [7, 11) is 0. The van der Waals surface area contributed by atoms with Gasteiger partial charge >= 0.3 is 5.97 Å². The molecule has 1 N–H and O–H groups in total. The van der Waals surface area contributed by atoms with Crippen molar-refractivity contribution < 1.29 is 9.90 Å². The molecule has 0 aliphatic carbocycles. The number of carboxylic acids is 1. The van der Waals surface area contributed by atoms with Crippen molar-refractivity contribution in [3.05, 3.63) is 0 Å². The van der Waals surface area contributed by atoms with Gasteiger partial charge in [0.1, 0.15) is 0 Å². The van der Waals surface area contributed by atoms with Gasteiger partial charge in [0.2, 0.25) is 0 Å². The van der Waals surface area contributed by atoms with Gasteiger partial charge in [-0.25, -0.2) is 0 Å². The molecule has 1 rings (SSSR count). The fourth-order valence-electron chi connectivity index (χ4n) is 1.99. The Bertz CT molecular complexity index is 187. The summed E-state index contributed by atoms with van der Waals surface area (Å²) in [5.41, 5.74) is 0. The molecule has 1 unspecified atom stereocenters. The third-order valence-electron chi connectivity index (χ3n) is 2.68. The van der Waals surface area contributed by atoms with E-state index in [1.807, 2.05) is 11.8 Å². The Balaban J connectivity index is 2.24. The van der Waals surface area contributed by atoms with Crippen molar-refractivity contribution in [3.8, 4) is 0 Å². The van der Waals surface area contributed by atoms with E-state index in [4.69, 9.17) is 5.11 Å². The second kappa shape index (κ2) is 6.30. The number of aliphatic carboxylic acids is 1. The number of nitrogens with zero attached hydrogens (tertiary/aromatic N) is 1. The van der Waals surface area contributed by atoms with Crippen LogP contribution in [0.15, 0.2) is 0 Å². The van der Waals surface area contributed by atoms with E-state index in [-0.39, 0.29) is 0 Å². The zero-order valence-electron chi connectivity index (χ0n) is 8.74. The predicted octanol–water partition coefficient (Wildman–Crippen LogP) is 1.54. The van der Waals surface area contributed by atoms with Gasteiger partial charge in [0.15, 0.2) is 0 Å². The molecule has 0 spiro atoms. The molecule has 0 aromatic heterocycles. The van der Waals surface area contributed by atoms with Crippen molar-refractivity contribution in [2.24, 2.45) is 5.92 Å². The van der Waals surface area contributed by atoms with Crippen LogP contribution in [-0.4, -0.2) is 47.6 Å². The minimum atomic E-state index is -0.651. The number of carbonyl (C=O) groups is 1. The second-order valence-corrected chi connectivity index (χ2v) is 4.89. The summed E-state index contributed by atoms with van der Waals surface area (Å²) in [5.74, 6) is 0.879. The van der Waals surface area contributed by atoms with Gasteiger partial charge in [-0.1, -0.05) is 0 Å². The lowest BCUT2D eigenvalue weighted by atomic mass is 9.95. The van der Waals surface area contributed by atoms with Crippen LogP contribution in [0.4, 0.5) is 0 Å². The van der Waals surface area contributed by atoms with Crippen LogP contribution in [0.25, 0.3) is 0 Å². The van der Waals surface area contributed by atoms with Crippen molar-refractivity contribution in [1.29, 1.82) is 0 Å². The molecule has 0 saturated carbocycles. The Labute approximate surface area is 89.9 Å². The molecule has 1 atom stereocenters. The van der Waals surface area contributed by atoms with Crippen molar-refractivity contribution in [2.75, 3.05) is 31.6 Å². The Hall–Kier alpha value is -0.220. The van der Waals surface area contributed by atoms with Crippen LogP contribution in [0.2, 0.25) is 0 Å². The topological polar surface area (TPSA) is 40.5 Å². The summed E-state index contributed by atoms with van der Waals surface area (Å²) >= 11 is 1.85. The van der Waals surface area contributed by atoms with Crippen molar-refractivity contribution >= 4 is 17.7 Å². The zero-order valence-corrected chi connectivity index (χ0v) is 9.55. The van der Waals surface area contributed by atoms with Crippen LogP contribution in [0.1, 0.15) is 19.3 Å². The summed E-state index contributed by atoms with van der Waals surface area (Å²) in [6.45, 7) is 3.24.